The predicted molar refractivity (Wildman–Crippen MR) is 129 cm³/mol. The van der Waals surface area contributed by atoms with E-state index in [2.05, 4.69) is 46.7 Å². The first-order chi connectivity index (χ1) is 15.0. The summed E-state index contributed by atoms with van der Waals surface area (Å²) in [5.74, 6) is 0.267. The van der Waals surface area contributed by atoms with Gasteiger partial charge in [0.05, 0.1) is 6.04 Å². The van der Waals surface area contributed by atoms with E-state index in [1.807, 2.05) is 17.0 Å². The van der Waals surface area contributed by atoms with Gasteiger partial charge in [-0.3, -0.25) is 4.79 Å². The van der Waals surface area contributed by atoms with E-state index in [0.29, 0.717) is 10.0 Å². The van der Waals surface area contributed by atoms with Crippen molar-refractivity contribution in [2.75, 3.05) is 42.9 Å². The summed E-state index contributed by atoms with van der Waals surface area (Å²) in [4.78, 5) is 17.1. The van der Waals surface area contributed by atoms with Crippen LogP contribution in [0.5, 0.6) is 0 Å². The van der Waals surface area contributed by atoms with Gasteiger partial charge in [0.15, 0.2) is 0 Å². The van der Waals surface area contributed by atoms with Gasteiger partial charge >= 0.3 is 0 Å². The fourth-order valence-corrected chi connectivity index (χ4v) is 5.01. The topological polar surface area (TPSA) is 47.6 Å². The molecule has 0 radical (unpaired) electrons. The summed E-state index contributed by atoms with van der Waals surface area (Å²) in [5.41, 5.74) is 3.23. The molecule has 2 aliphatic rings. The van der Waals surface area contributed by atoms with Crippen LogP contribution in [0.2, 0.25) is 10.0 Å². The lowest BCUT2D eigenvalue weighted by Gasteiger charge is -2.38. The third kappa shape index (κ3) is 5.46. The first kappa shape index (κ1) is 22.3. The van der Waals surface area contributed by atoms with Gasteiger partial charge in [0.2, 0.25) is 5.91 Å². The van der Waals surface area contributed by atoms with Crippen molar-refractivity contribution < 1.29 is 4.79 Å². The van der Waals surface area contributed by atoms with Crippen LogP contribution in [0.3, 0.4) is 0 Å². The van der Waals surface area contributed by atoms with Crippen molar-refractivity contribution in [3.8, 4) is 0 Å². The SMILES string of the molecule is CC(Nc1cccc(N2CCN(C(=O)C3CCCCN3)CC2)c1)c1ccc(Cl)cc1Cl. The average Bonchev–Trinajstić information content (AvgIpc) is 2.79. The maximum Gasteiger partial charge on any atom is 0.239 e. The molecule has 2 fully saturated rings. The lowest BCUT2D eigenvalue weighted by atomic mass is 10.0. The molecule has 2 aromatic rings. The predicted octanol–water partition coefficient (Wildman–Crippen LogP) is 4.96. The normalized spacial score (nSPS) is 20.4. The van der Waals surface area contributed by atoms with Gasteiger partial charge in [0.1, 0.15) is 0 Å². The van der Waals surface area contributed by atoms with E-state index in [-0.39, 0.29) is 18.0 Å². The number of benzene rings is 2. The van der Waals surface area contributed by atoms with Crippen LogP contribution in [-0.2, 0) is 4.79 Å². The highest BCUT2D eigenvalue weighted by Gasteiger charge is 2.28. The molecule has 7 heteroatoms. The fraction of sp³-hybridized carbons (Fsp3) is 0.458. The van der Waals surface area contributed by atoms with E-state index in [9.17, 15) is 4.79 Å². The molecule has 0 spiro atoms. The van der Waals surface area contributed by atoms with Crippen molar-refractivity contribution in [3.63, 3.8) is 0 Å². The van der Waals surface area contributed by atoms with Crippen LogP contribution in [0.4, 0.5) is 11.4 Å². The Morgan fingerprint density at radius 1 is 1.10 bits per heavy atom. The van der Waals surface area contributed by atoms with Crippen LogP contribution in [0.1, 0.15) is 37.8 Å². The molecule has 166 valence electrons. The van der Waals surface area contributed by atoms with Crippen molar-refractivity contribution in [1.82, 2.24) is 10.2 Å². The van der Waals surface area contributed by atoms with Crippen molar-refractivity contribution >= 4 is 40.5 Å². The molecule has 2 unspecified atom stereocenters. The fourth-order valence-electron chi connectivity index (χ4n) is 4.44. The Kier molecular flexibility index (Phi) is 7.26. The summed E-state index contributed by atoms with van der Waals surface area (Å²) in [6, 6.07) is 14.1. The number of halogens is 2. The van der Waals surface area contributed by atoms with Crippen molar-refractivity contribution in [2.24, 2.45) is 0 Å². The number of nitrogens with one attached hydrogen (secondary N) is 2. The van der Waals surface area contributed by atoms with Gasteiger partial charge in [0, 0.05) is 53.6 Å². The largest absolute Gasteiger partial charge is 0.378 e. The number of carbonyl (C=O) groups is 1. The minimum atomic E-state index is 0.00834. The van der Waals surface area contributed by atoms with E-state index >= 15 is 0 Å². The molecule has 4 rings (SSSR count). The zero-order valence-corrected chi connectivity index (χ0v) is 19.4. The van der Waals surface area contributed by atoms with Crippen molar-refractivity contribution in [1.29, 1.82) is 0 Å². The Bertz CT molecular complexity index is 908. The number of amides is 1. The zero-order valence-electron chi connectivity index (χ0n) is 17.9. The molecule has 0 saturated carbocycles. The van der Waals surface area contributed by atoms with Crippen molar-refractivity contribution in [3.05, 3.63) is 58.1 Å². The van der Waals surface area contributed by atoms with E-state index in [4.69, 9.17) is 23.2 Å². The molecule has 1 amide bonds. The average molecular weight is 461 g/mol. The zero-order chi connectivity index (χ0) is 21.8. The maximum absolute atomic E-state index is 12.8. The first-order valence-corrected chi connectivity index (χ1v) is 11.9. The lowest BCUT2D eigenvalue weighted by Crippen LogP contribution is -2.55. The molecule has 2 saturated heterocycles. The summed E-state index contributed by atoms with van der Waals surface area (Å²) in [6.07, 6.45) is 3.27. The summed E-state index contributed by atoms with van der Waals surface area (Å²) in [6.45, 7) is 6.28. The van der Waals surface area contributed by atoms with Crippen LogP contribution in [0.15, 0.2) is 42.5 Å². The molecular weight excluding hydrogens is 431 g/mol. The highest BCUT2D eigenvalue weighted by molar-refractivity contribution is 6.35. The molecule has 2 aromatic carbocycles. The third-order valence-electron chi connectivity index (χ3n) is 6.22. The number of anilines is 2. The van der Waals surface area contributed by atoms with Crippen molar-refractivity contribution in [2.45, 2.75) is 38.3 Å². The summed E-state index contributed by atoms with van der Waals surface area (Å²) < 4.78 is 0. The number of carbonyl (C=O) groups excluding carboxylic acids is 1. The third-order valence-corrected chi connectivity index (χ3v) is 6.79. The van der Waals surface area contributed by atoms with Gasteiger partial charge in [-0.25, -0.2) is 0 Å². The second-order valence-corrected chi connectivity index (χ2v) is 9.24. The quantitative estimate of drug-likeness (QED) is 0.661. The van der Waals surface area contributed by atoms with Crippen LogP contribution in [0, 0.1) is 0 Å². The highest BCUT2D eigenvalue weighted by Crippen LogP contribution is 2.30. The van der Waals surface area contributed by atoms with Gasteiger partial charge in [-0.2, -0.15) is 0 Å². The second kappa shape index (κ2) is 10.1. The molecule has 0 bridgehead atoms. The number of nitrogens with zero attached hydrogens (tertiary/aromatic N) is 2. The number of hydrogen-bond acceptors (Lipinski definition) is 4. The monoisotopic (exact) mass is 460 g/mol. The Labute approximate surface area is 194 Å². The van der Waals surface area contributed by atoms with Gasteiger partial charge in [0.25, 0.3) is 0 Å². The second-order valence-electron chi connectivity index (χ2n) is 8.40. The standard InChI is InChI=1S/C24H30Cl2N4O/c1-17(21-9-8-18(25)15-22(21)26)28-19-5-4-6-20(16-19)29-11-13-30(14-12-29)24(31)23-7-2-3-10-27-23/h4-6,8-9,15-17,23,27-28H,2-3,7,10-14H2,1H3. The molecule has 0 aliphatic carbocycles. The van der Waals surface area contributed by atoms with Crippen LogP contribution in [-0.4, -0.2) is 49.6 Å². The Hall–Kier alpha value is -1.95. The Balaban J connectivity index is 1.36. The molecule has 2 atom stereocenters. The van der Waals surface area contributed by atoms with E-state index in [0.717, 1.165) is 56.8 Å². The van der Waals surface area contributed by atoms with Gasteiger partial charge in [-0.15, -0.1) is 0 Å². The minimum Gasteiger partial charge on any atom is -0.378 e. The smallest absolute Gasteiger partial charge is 0.239 e. The molecule has 31 heavy (non-hydrogen) atoms. The maximum atomic E-state index is 12.8. The van der Waals surface area contributed by atoms with Crippen LogP contribution in [0.25, 0.3) is 0 Å². The van der Waals surface area contributed by atoms with Crippen LogP contribution >= 0.6 is 23.2 Å². The van der Waals surface area contributed by atoms with Gasteiger partial charge in [-0.1, -0.05) is 41.8 Å². The molecule has 2 aliphatic heterocycles. The number of piperidine rings is 1. The number of piperazine rings is 1. The molecule has 2 N–H and O–H groups in total. The van der Waals surface area contributed by atoms with Gasteiger partial charge < -0.3 is 20.4 Å². The van der Waals surface area contributed by atoms with E-state index in [1.165, 1.54) is 12.1 Å². The summed E-state index contributed by atoms with van der Waals surface area (Å²) in [7, 11) is 0. The number of rotatable bonds is 5. The highest BCUT2D eigenvalue weighted by atomic mass is 35.5. The lowest BCUT2D eigenvalue weighted by molar-refractivity contribution is -0.134. The van der Waals surface area contributed by atoms with E-state index in [1.54, 1.807) is 6.07 Å². The van der Waals surface area contributed by atoms with E-state index < -0.39 is 0 Å². The Morgan fingerprint density at radius 2 is 1.90 bits per heavy atom. The first-order valence-electron chi connectivity index (χ1n) is 11.1. The number of hydrogen-bond donors (Lipinski definition) is 2. The van der Waals surface area contributed by atoms with Crippen LogP contribution < -0.4 is 15.5 Å². The molecule has 5 nitrogen and oxygen atoms in total. The molecular formula is C24H30Cl2N4O. The summed E-state index contributed by atoms with van der Waals surface area (Å²) in [5, 5.41) is 8.22. The Morgan fingerprint density at radius 3 is 2.61 bits per heavy atom. The summed E-state index contributed by atoms with van der Waals surface area (Å²) >= 11 is 12.4. The molecule has 0 aromatic heterocycles. The minimum absolute atomic E-state index is 0.00834. The molecule has 2 heterocycles. The van der Waals surface area contributed by atoms with Gasteiger partial charge in [-0.05, 0) is 62.2 Å².